The molecule has 2 rings (SSSR count). The van der Waals surface area contributed by atoms with Crippen LogP contribution in [-0.2, 0) is 23.2 Å². The molecule has 0 unspecified atom stereocenters. The van der Waals surface area contributed by atoms with Crippen molar-refractivity contribution in [2.24, 2.45) is 0 Å². The molecule has 114 valence electrons. The zero-order valence-electron chi connectivity index (χ0n) is 12.4. The van der Waals surface area contributed by atoms with Gasteiger partial charge in [-0.3, -0.25) is 0 Å². The van der Waals surface area contributed by atoms with Crippen molar-refractivity contribution in [2.75, 3.05) is 0 Å². The van der Waals surface area contributed by atoms with E-state index < -0.39 is 23.2 Å². The molecule has 0 saturated heterocycles. The van der Waals surface area contributed by atoms with Crippen LogP contribution >= 0.6 is 24.8 Å². The van der Waals surface area contributed by atoms with Gasteiger partial charge in [-0.15, -0.1) is 24.8 Å². The van der Waals surface area contributed by atoms with Crippen LogP contribution in [0.15, 0.2) is 67.3 Å². The molecule has 0 aromatic heterocycles. The van der Waals surface area contributed by atoms with Crippen LogP contribution in [-0.4, -0.2) is 0 Å². The van der Waals surface area contributed by atoms with Crippen LogP contribution in [0.1, 0.15) is 38.5 Å². The minimum absolute atomic E-state index is 0. The van der Waals surface area contributed by atoms with E-state index in [4.69, 9.17) is 0 Å². The minimum Gasteiger partial charge on any atom is -0.147 e. The third-order valence-corrected chi connectivity index (χ3v) is 7.66. The van der Waals surface area contributed by atoms with E-state index in [2.05, 4.69) is 37.5 Å². The Balaban J connectivity index is 0.00000200. The second-order valence-corrected chi connectivity index (χ2v) is 8.58. The number of hydrogen-bond acceptors (Lipinski definition) is 0. The van der Waals surface area contributed by atoms with Crippen LogP contribution in [0.5, 0.6) is 0 Å². The summed E-state index contributed by atoms with van der Waals surface area (Å²) in [6.45, 7) is 7.67. The van der Waals surface area contributed by atoms with Crippen molar-refractivity contribution in [3.8, 4) is 0 Å². The first-order chi connectivity index (χ1) is 9.35. The molecular formula is C18H24Cl2Zr. The molecule has 0 fully saturated rings. The number of rotatable bonds is 8. The van der Waals surface area contributed by atoms with Crippen molar-refractivity contribution in [1.29, 1.82) is 0 Å². The molecule has 0 heterocycles. The number of hydrogen-bond donors (Lipinski definition) is 0. The second kappa shape index (κ2) is 11.5. The van der Waals surface area contributed by atoms with Gasteiger partial charge in [-0.25, -0.2) is 0 Å². The molecule has 0 N–H and O–H groups in total. The molecule has 21 heavy (non-hydrogen) atoms. The summed E-state index contributed by atoms with van der Waals surface area (Å²) < 4.78 is 3.58. The molecule has 2 aliphatic carbocycles. The third-order valence-electron chi connectivity index (χ3n) is 3.59. The molecule has 0 aliphatic heterocycles. The van der Waals surface area contributed by atoms with Gasteiger partial charge >= 0.3 is 129 Å². The summed E-state index contributed by atoms with van der Waals surface area (Å²) in [5.41, 5.74) is 3.24. The maximum Gasteiger partial charge on any atom is -0.147 e. The quantitative estimate of drug-likeness (QED) is 0.420. The summed E-state index contributed by atoms with van der Waals surface area (Å²) >= 11 is -0.532. The first-order valence-corrected chi connectivity index (χ1v) is 9.57. The molecule has 0 radical (unpaired) electrons. The van der Waals surface area contributed by atoms with E-state index in [1.807, 2.05) is 12.2 Å². The fourth-order valence-electron chi connectivity index (χ4n) is 2.53. The van der Waals surface area contributed by atoms with Gasteiger partial charge in [0, 0.05) is 0 Å². The maximum atomic E-state index is 3.83. The summed E-state index contributed by atoms with van der Waals surface area (Å²) in [7, 11) is 0. The Morgan fingerprint density at radius 2 is 1.29 bits per heavy atom. The normalized spacial score (nSPS) is 15.8. The predicted molar refractivity (Wildman–Crippen MR) is 94.9 cm³/mol. The first kappa shape index (κ1) is 20.9. The van der Waals surface area contributed by atoms with Crippen molar-refractivity contribution >= 4 is 24.8 Å². The average molecular weight is 403 g/mol. The van der Waals surface area contributed by atoms with Gasteiger partial charge < -0.3 is 0 Å². The summed E-state index contributed by atoms with van der Waals surface area (Å²) in [6.07, 6.45) is 20.5. The molecule has 0 nitrogen and oxygen atoms in total. The van der Waals surface area contributed by atoms with Crippen LogP contribution < -0.4 is 0 Å². The largest absolute Gasteiger partial charge is 0.147 e. The average Bonchev–Trinajstić information content (AvgIpc) is 3.04. The predicted octanol–water partition coefficient (Wildman–Crippen LogP) is 6.27. The monoisotopic (exact) mass is 400 g/mol. The van der Waals surface area contributed by atoms with Crippen molar-refractivity contribution in [3.05, 3.63) is 67.3 Å². The summed E-state index contributed by atoms with van der Waals surface area (Å²) in [5.74, 6) is 0. The molecule has 0 atom stereocenters. The molecular weight excluding hydrogens is 378 g/mol. The van der Waals surface area contributed by atoms with E-state index in [1.54, 1.807) is 17.7 Å². The molecule has 0 amide bonds. The molecule has 0 bridgehead atoms. The Hall–Kier alpha value is -0.0969. The summed E-state index contributed by atoms with van der Waals surface area (Å²) in [5, 5.41) is 0. The summed E-state index contributed by atoms with van der Waals surface area (Å²) in [4.78, 5) is 0. The van der Waals surface area contributed by atoms with Crippen LogP contribution in [0.2, 0.25) is 0 Å². The van der Waals surface area contributed by atoms with Crippen LogP contribution in [0.4, 0.5) is 0 Å². The third kappa shape index (κ3) is 6.27. The van der Waals surface area contributed by atoms with Gasteiger partial charge in [-0.05, 0) is 0 Å². The van der Waals surface area contributed by atoms with Crippen LogP contribution in [0.25, 0.3) is 0 Å². The second-order valence-electron chi connectivity index (χ2n) is 5.00. The van der Waals surface area contributed by atoms with Gasteiger partial charge in [0.05, 0.1) is 0 Å². The maximum absolute atomic E-state index is 3.83. The van der Waals surface area contributed by atoms with Crippen molar-refractivity contribution < 1.29 is 23.2 Å². The fourth-order valence-corrected chi connectivity index (χ4v) is 6.32. The molecule has 0 aromatic carbocycles. The molecule has 3 heteroatoms. The van der Waals surface area contributed by atoms with E-state index in [-0.39, 0.29) is 24.8 Å². The standard InChI is InChI=1S/2C9H11.2ClH.Zr/c2*1-2-3-6-9-7-4-5-8-9;;;/h2*2,4,7H,1,3,5-6H2;2*1H;. The number of allylic oxidation sites excluding steroid dienone is 10. The van der Waals surface area contributed by atoms with E-state index in [0.29, 0.717) is 0 Å². The van der Waals surface area contributed by atoms with E-state index in [0.717, 1.165) is 12.8 Å². The zero-order valence-corrected chi connectivity index (χ0v) is 16.5. The minimum atomic E-state index is -0.532. The Kier molecular flexibility index (Phi) is 11.4. The van der Waals surface area contributed by atoms with E-state index in [1.165, 1.54) is 25.7 Å². The van der Waals surface area contributed by atoms with E-state index in [9.17, 15) is 0 Å². The first-order valence-electron chi connectivity index (χ1n) is 7.11. The Morgan fingerprint density at radius 3 is 1.67 bits per heavy atom. The number of halogens is 2. The van der Waals surface area contributed by atoms with Crippen molar-refractivity contribution in [2.45, 2.75) is 38.5 Å². The SMILES string of the molecule is C=CCCC1=[C]([Zr][C]2=C(CCC=C)C=CC2)CC=C1.Cl.Cl. The van der Waals surface area contributed by atoms with Gasteiger partial charge in [0.2, 0.25) is 0 Å². The van der Waals surface area contributed by atoms with Crippen molar-refractivity contribution in [3.63, 3.8) is 0 Å². The molecule has 0 spiro atoms. The van der Waals surface area contributed by atoms with Gasteiger partial charge in [0.15, 0.2) is 0 Å². The summed E-state index contributed by atoms with van der Waals surface area (Å²) in [6, 6.07) is 0. The van der Waals surface area contributed by atoms with Gasteiger partial charge in [-0.1, -0.05) is 0 Å². The van der Waals surface area contributed by atoms with Crippen molar-refractivity contribution in [1.82, 2.24) is 0 Å². The molecule has 0 aromatic rings. The zero-order chi connectivity index (χ0) is 13.5. The topological polar surface area (TPSA) is 0 Å². The molecule has 2 aliphatic rings. The van der Waals surface area contributed by atoms with Gasteiger partial charge in [0.1, 0.15) is 0 Å². The van der Waals surface area contributed by atoms with Crippen LogP contribution in [0, 0.1) is 0 Å². The van der Waals surface area contributed by atoms with Crippen LogP contribution in [0.3, 0.4) is 0 Å². The molecule has 0 saturated carbocycles. The van der Waals surface area contributed by atoms with Gasteiger partial charge in [-0.2, -0.15) is 0 Å². The smallest absolute Gasteiger partial charge is 0.147 e. The van der Waals surface area contributed by atoms with Gasteiger partial charge in [0.25, 0.3) is 0 Å². The Bertz CT molecular complexity index is 437. The Labute approximate surface area is 153 Å². The fraction of sp³-hybridized carbons (Fsp3) is 0.333. The Morgan fingerprint density at radius 1 is 0.857 bits per heavy atom. The van der Waals surface area contributed by atoms with E-state index >= 15 is 0 Å².